The van der Waals surface area contributed by atoms with Crippen molar-refractivity contribution in [1.82, 2.24) is 15.2 Å². The second-order valence-electron chi connectivity index (χ2n) is 7.64. The van der Waals surface area contributed by atoms with Gasteiger partial charge in [-0.25, -0.2) is 0 Å². The van der Waals surface area contributed by atoms with Crippen molar-refractivity contribution in [3.05, 3.63) is 58.9 Å². The number of carbonyl (C=O) groups excluding carboxylic acids is 1. The number of piperidine rings is 1. The number of nitrogens with zero attached hydrogens (tertiary/aromatic N) is 1. The highest BCUT2D eigenvalue weighted by atomic mass is 16.1. The summed E-state index contributed by atoms with van der Waals surface area (Å²) in [5.41, 5.74) is 4.26. The third-order valence-electron chi connectivity index (χ3n) is 5.81. The predicted molar refractivity (Wildman–Crippen MR) is 99.9 cm³/mol. The summed E-state index contributed by atoms with van der Waals surface area (Å²) < 4.78 is 2.23. The zero-order chi connectivity index (χ0) is 17.4. The summed E-state index contributed by atoms with van der Waals surface area (Å²) in [5, 5.41) is 6.92. The topological polar surface area (TPSA) is 46.1 Å². The number of nitrogens with one attached hydrogen (secondary N) is 2. The molecule has 2 unspecified atom stereocenters. The maximum atomic E-state index is 12.8. The maximum absolute atomic E-state index is 12.8. The molecule has 0 spiro atoms. The minimum Gasteiger partial charge on any atom is -0.349 e. The van der Waals surface area contributed by atoms with Gasteiger partial charge < -0.3 is 15.2 Å². The fraction of sp³-hybridized carbons (Fsp3) is 0.476. The minimum absolute atomic E-state index is 0.0821. The van der Waals surface area contributed by atoms with E-state index in [2.05, 4.69) is 53.3 Å². The average molecular weight is 337 g/mol. The van der Waals surface area contributed by atoms with Gasteiger partial charge in [-0.1, -0.05) is 30.3 Å². The SMILES string of the molecule is Cc1cc(C(=O)NC2CC3CCC(C2)N3)c(C)n1Cc1ccccc1. The van der Waals surface area contributed by atoms with Crippen LogP contribution in [0.1, 0.15) is 53.0 Å². The number of hydrogen-bond donors (Lipinski definition) is 2. The zero-order valence-electron chi connectivity index (χ0n) is 15.1. The Morgan fingerprint density at radius 3 is 2.52 bits per heavy atom. The van der Waals surface area contributed by atoms with Gasteiger partial charge in [0.25, 0.3) is 5.91 Å². The number of hydrogen-bond acceptors (Lipinski definition) is 2. The van der Waals surface area contributed by atoms with Crippen molar-refractivity contribution in [2.24, 2.45) is 0 Å². The standard InChI is InChI=1S/C21H27N3O/c1-14-10-20(15(2)24(14)13-16-6-4-3-5-7-16)21(25)23-19-11-17-8-9-18(12-19)22-17/h3-7,10,17-19,22H,8-9,11-13H2,1-2H3,(H,23,25). The maximum Gasteiger partial charge on any atom is 0.253 e. The first kappa shape index (κ1) is 16.4. The molecule has 2 aliphatic heterocycles. The zero-order valence-corrected chi connectivity index (χ0v) is 15.1. The van der Waals surface area contributed by atoms with E-state index in [0.717, 1.165) is 36.3 Å². The Bertz CT molecular complexity index is 753. The molecule has 1 amide bonds. The lowest BCUT2D eigenvalue weighted by Gasteiger charge is -2.29. The summed E-state index contributed by atoms with van der Waals surface area (Å²) in [5.74, 6) is 0.0821. The van der Waals surface area contributed by atoms with Gasteiger partial charge in [0.15, 0.2) is 0 Å². The summed E-state index contributed by atoms with van der Waals surface area (Å²) in [4.78, 5) is 12.8. The largest absolute Gasteiger partial charge is 0.349 e. The molecule has 2 aromatic rings. The van der Waals surface area contributed by atoms with Gasteiger partial charge in [0.05, 0.1) is 5.56 Å². The smallest absolute Gasteiger partial charge is 0.253 e. The molecule has 2 atom stereocenters. The summed E-state index contributed by atoms with van der Waals surface area (Å²) in [6.45, 7) is 4.94. The second kappa shape index (κ2) is 6.68. The number of benzene rings is 1. The van der Waals surface area contributed by atoms with Crippen LogP contribution in [-0.4, -0.2) is 28.6 Å². The number of aryl methyl sites for hydroxylation is 1. The Kier molecular flexibility index (Phi) is 4.38. The molecule has 0 saturated carbocycles. The third kappa shape index (κ3) is 3.36. The van der Waals surface area contributed by atoms with Gasteiger partial charge in [-0.05, 0) is 51.2 Å². The summed E-state index contributed by atoms with van der Waals surface area (Å²) in [6.07, 6.45) is 4.63. The molecule has 2 saturated heterocycles. The van der Waals surface area contributed by atoms with Crippen LogP contribution in [0, 0.1) is 13.8 Å². The van der Waals surface area contributed by atoms with Crippen molar-refractivity contribution in [2.75, 3.05) is 0 Å². The number of aromatic nitrogens is 1. The molecular weight excluding hydrogens is 310 g/mol. The Balaban J connectivity index is 1.48. The average Bonchev–Trinajstić information content (AvgIpc) is 3.09. The van der Waals surface area contributed by atoms with E-state index in [-0.39, 0.29) is 5.91 Å². The van der Waals surface area contributed by atoms with Gasteiger partial charge in [0.1, 0.15) is 0 Å². The molecule has 3 heterocycles. The molecule has 4 nitrogen and oxygen atoms in total. The van der Waals surface area contributed by atoms with Gasteiger partial charge in [0, 0.05) is 36.1 Å². The van der Waals surface area contributed by atoms with E-state index in [1.54, 1.807) is 0 Å². The summed E-state index contributed by atoms with van der Waals surface area (Å²) in [6, 6.07) is 13.9. The van der Waals surface area contributed by atoms with Crippen LogP contribution in [0.4, 0.5) is 0 Å². The Morgan fingerprint density at radius 2 is 1.84 bits per heavy atom. The van der Waals surface area contributed by atoms with Gasteiger partial charge in [-0.3, -0.25) is 4.79 Å². The van der Waals surface area contributed by atoms with E-state index in [0.29, 0.717) is 18.1 Å². The molecular formula is C21H27N3O. The minimum atomic E-state index is 0.0821. The fourth-order valence-electron chi connectivity index (χ4n) is 4.48. The van der Waals surface area contributed by atoms with Gasteiger partial charge in [-0.2, -0.15) is 0 Å². The highest BCUT2D eigenvalue weighted by Crippen LogP contribution is 2.27. The first-order chi connectivity index (χ1) is 12.1. The van der Waals surface area contributed by atoms with Crippen LogP contribution < -0.4 is 10.6 Å². The molecule has 4 heteroatoms. The highest BCUT2D eigenvalue weighted by molar-refractivity contribution is 5.95. The van der Waals surface area contributed by atoms with Crippen LogP contribution in [0.25, 0.3) is 0 Å². The van der Waals surface area contributed by atoms with Crippen LogP contribution in [0.2, 0.25) is 0 Å². The van der Waals surface area contributed by atoms with E-state index in [9.17, 15) is 4.79 Å². The van der Waals surface area contributed by atoms with E-state index < -0.39 is 0 Å². The van der Waals surface area contributed by atoms with E-state index in [4.69, 9.17) is 0 Å². The summed E-state index contributed by atoms with van der Waals surface area (Å²) in [7, 11) is 0. The molecule has 25 heavy (non-hydrogen) atoms. The van der Waals surface area contributed by atoms with Crippen molar-refractivity contribution in [2.45, 2.75) is 64.2 Å². The first-order valence-corrected chi connectivity index (χ1v) is 9.37. The number of fused-ring (bicyclic) bond motifs is 2. The van der Waals surface area contributed by atoms with Gasteiger partial charge in [-0.15, -0.1) is 0 Å². The highest BCUT2D eigenvalue weighted by Gasteiger charge is 2.34. The van der Waals surface area contributed by atoms with Crippen LogP contribution >= 0.6 is 0 Å². The van der Waals surface area contributed by atoms with Crippen molar-refractivity contribution in [1.29, 1.82) is 0 Å². The molecule has 4 rings (SSSR count). The second-order valence-corrected chi connectivity index (χ2v) is 7.64. The van der Waals surface area contributed by atoms with Crippen molar-refractivity contribution >= 4 is 5.91 Å². The quantitative estimate of drug-likeness (QED) is 0.900. The normalized spacial score (nSPS) is 25.1. The Hall–Kier alpha value is -2.07. The van der Waals surface area contributed by atoms with Crippen LogP contribution in [-0.2, 0) is 6.54 Å². The van der Waals surface area contributed by atoms with E-state index in [1.165, 1.54) is 18.4 Å². The number of carbonyl (C=O) groups is 1. The number of amides is 1. The molecule has 2 bridgehead atoms. The summed E-state index contributed by atoms with van der Waals surface area (Å²) >= 11 is 0. The lowest BCUT2D eigenvalue weighted by molar-refractivity contribution is 0.0923. The monoisotopic (exact) mass is 337 g/mol. The van der Waals surface area contributed by atoms with Crippen molar-refractivity contribution in [3.8, 4) is 0 Å². The number of rotatable bonds is 4. The third-order valence-corrected chi connectivity index (χ3v) is 5.81. The molecule has 132 valence electrons. The molecule has 0 radical (unpaired) electrons. The van der Waals surface area contributed by atoms with Crippen molar-refractivity contribution < 1.29 is 4.79 Å². The molecule has 2 aliphatic rings. The van der Waals surface area contributed by atoms with Crippen LogP contribution in [0.5, 0.6) is 0 Å². The van der Waals surface area contributed by atoms with Crippen LogP contribution in [0.15, 0.2) is 36.4 Å². The molecule has 0 aliphatic carbocycles. The Morgan fingerprint density at radius 1 is 1.16 bits per heavy atom. The van der Waals surface area contributed by atoms with E-state index >= 15 is 0 Å². The fourth-order valence-corrected chi connectivity index (χ4v) is 4.48. The molecule has 2 fully saturated rings. The van der Waals surface area contributed by atoms with Gasteiger partial charge >= 0.3 is 0 Å². The predicted octanol–water partition coefficient (Wildman–Crippen LogP) is 3.17. The lowest BCUT2D eigenvalue weighted by atomic mass is 9.99. The van der Waals surface area contributed by atoms with E-state index in [1.807, 2.05) is 12.1 Å². The molecule has 2 N–H and O–H groups in total. The molecule has 1 aromatic heterocycles. The van der Waals surface area contributed by atoms with Crippen molar-refractivity contribution in [3.63, 3.8) is 0 Å². The lowest BCUT2D eigenvalue weighted by Crippen LogP contribution is -2.48. The Labute approximate surface area is 149 Å². The van der Waals surface area contributed by atoms with Gasteiger partial charge in [0.2, 0.25) is 0 Å². The van der Waals surface area contributed by atoms with Crippen LogP contribution in [0.3, 0.4) is 0 Å². The molecule has 1 aromatic carbocycles. The first-order valence-electron chi connectivity index (χ1n) is 9.37.